The molecule has 0 radical (unpaired) electrons. The molecule has 2 rings (SSSR count). The lowest BCUT2D eigenvalue weighted by Gasteiger charge is -2.17. The minimum absolute atomic E-state index is 0.0580. The first-order valence-electron chi connectivity index (χ1n) is 6.53. The molecule has 1 heterocycles. The Morgan fingerprint density at radius 1 is 1.47 bits per heavy atom. The van der Waals surface area contributed by atoms with Gasteiger partial charge in [-0.05, 0) is 25.8 Å². The molecule has 1 aliphatic heterocycles. The number of hydrogen-bond donors (Lipinski definition) is 1. The third kappa shape index (κ3) is 3.44. The second-order valence-corrected chi connectivity index (χ2v) is 4.85. The second-order valence-electron chi connectivity index (χ2n) is 4.85. The van der Waals surface area contributed by atoms with Crippen LogP contribution in [0.3, 0.4) is 0 Å². The Morgan fingerprint density at radius 3 is 2.79 bits per heavy atom. The minimum atomic E-state index is -0.395. The number of amides is 1. The second kappa shape index (κ2) is 6.02. The van der Waals surface area contributed by atoms with Crippen LogP contribution in [0.25, 0.3) is 0 Å². The van der Waals surface area contributed by atoms with E-state index in [9.17, 15) is 9.18 Å². The molecular formula is C14H19FN2O2. The molecular weight excluding hydrogens is 247 g/mol. The van der Waals surface area contributed by atoms with Gasteiger partial charge in [0.25, 0.3) is 5.91 Å². The molecule has 1 aliphatic rings. The molecule has 1 unspecified atom stereocenters. The zero-order valence-electron chi connectivity index (χ0n) is 11.1. The van der Waals surface area contributed by atoms with Crippen molar-refractivity contribution in [1.29, 1.82) is 0 Å². The highest BCUT2D eigenvalue weighted by molar-refractivity contribution is 5.78. The van der Waals surface area contributed by atoms with E-state index < -0.39 is 5.82 Å². The molecule has 5 heteroatoms. The molecule has 19 heavy (non-hydrogen) atoms. The summed E-state index contributed by atoms with van der Waals surface area (Å²) in [5.74, 6) is -0.104. The lowest BCUT2D eigenvalue weighted by Crippen LogP contribution is -2.32. The van der Waals surface area contributed by atoms with Crippen LogP contribution in [0, 0.1) is 5.82 Å². The average molecular weight is 266 g/mol. The van der Waals surface area contributed by atoms with Gasteiger partial charge in [-0.25, -0.2) is 4.39 Å². The van der Waals surface area contributed by atoms with E-state index in [1.54, 1.807) is 17.9 Å². The number of carbonyl (C=O) groups is 1. The van der Waals surface area contributed by atoms with E-state index in [4.69, 9.17) is 10.5 Å². The number of nitrogens with two attached hydrogens (primary N) is 1. The van der Waals surface area contributed by atoms with Crippen molar-refractivity contribution >= 4 is 5.91 Å². The normalized spacial score (nSPS) is 16.5. The molecule has 1 saturated heterocycles. The molecule has 0 spiro atoms. The summed E-state index contributed by atoms with van der Waals surface area (Å²) in [6.07, 6.45) is 2.08. The van der Waals surface area contributed by atoms with Gasteiger partial charge in [-0.2, -0.15) is 0 Å². The Labute approximate surface area is 112 Å². The van der Waals surface area contributed by atoms with Crippen molar-refractivity contribution in [2.24, 2.45) is 5.73 Å². The van der Waals surface area contributed by atoms with E-state index in [1.807, 2.05) is 0 Å². The van der Waals surface area contributed by atoms with Crippen LogP contribution in [0.15, 0.2) is 18.2 Å². The van der Waals surface area contributed by atoms with Crippen molar-refractivity contribution in [2.45, 2.75) is 25.8 Å². The van der Waals surface area contributed by atoms with E-state index in [0.29, 0.717) is 11.3 Å². The topological polar surface area (TPSA) is 55.6 Å². The molecule has 2 N–H and O–H groups in total. The molecule has 4 nitrogen and oxygen atoms in total. The number of benzene rings is 1. The molecule has 1 aromatic carbocycles. The summed E-state index contributed by atoms with van der Waals surface area (Å²) < 4.78 is 18.7. The van der Waals surface area contributed by atoms with Gasteiger partial charge in [0, 0.05) is 30.8 Å². The SMILES string of the molecule is CC(N)c1ccc(F)cc1OCC(=O)N1CCCC1. The van der Waals surface area contributed by atoms with Crippen LogP contribution in [0.4, 0.5) is 4.39 Å². The first-order chi connectivity index (χ1) is 9.08. The van der Waals surface area contributed by atoms with Gasteiger partial charge in [-0.1, -0.05) is 6.07 Å². The number of likely N-dealkylation sites (tertiary alicyclic amines) is 1. The van der Waals surface area contributed by atoms with Gasteiger partial charge < -0.3 is 15.4 Å². The zero-order valence-corrected chi connectivity index (χ0v) is 11.1. The van der Waals surface area contributed by atoms with Crippen LogP contribution in [-0.2, 0) is 4.79 Å². The lowest BCUT2D eigenvalue weighted by atomic mass is 10.1. The fourth-order valence-electron chi connectivity index (χ4n) is 2.21. The fraction of sp³-hybridized carbons (Fsp3) is 0.500. The van der Waals surface area contributed by atoms with Crippen LogP contribution >= 0.6 is 0 Å². The number of rotatable bonds is 4. The number of nitrogens with zero attached hydrogens (tertiary/aromatic N) is 1. The number of ether oxygens (including phenoxy) is 1. The van der Waals surface area contributed by atoms with E-state index in [2.05, 4.69) is 0 Å². The maximum Gasteiger partial charge on any atom is 0.260 e. The number of carbonyl (C=O) groups excluding carboxylic acids is 1. The monoisotopic (exact) mass is 266 g/mol. The Kier molecular flexibility index (Phi) is 4.37. The van der Waals surface area contributed by atoms with Crippen molar-refractivity contribution in [1.82, 2.24) is 4.90 Å². The van der Waals surface area contributed by atoms with Crippen molar-refractivity contribution in [2.75, 3.05) is 19.7 Å². The first kappa shape index (κ1) is 13.8. The zero-order chi connectivity index (χ0) is 13.8. The summed E-state index contributed by atoms with van der Waals surface area (Å²) in [7, 11) is 0. The van der Waals surface area contributed by atoms with Crippen molar-refractivity contribution in [3.8, 4) is 5.75 Å². The molecule has 1 fully saturated rings. The van der Waals surface area contributed by atoms with Gasteiger partial charge in [-0.3, -0.25) is 4.79 Å². The third-order valence-corrected chi connectivity index (χ3v) is 3.28. The van der Waals surface area contributed by atoms with E-state index in [0.717, 1.165) is 25.9 Å². The maximum atomic E-state index is 13.2. The molecule has 1 amide bonds. The molecule has 0 aromatic heterocycles. The van der Waals surface area contributed by atoms with Gasteiger partial charge in [0.15, 0.2) is 6.61 Å². The maximum absolute atomic E-state index is 13.2. The van der Waals surface area contributed by atoms with Crippen LogP contribution in [0.1, 0.15) is 31.4 Å². The van der Waals surface area contributed by atoms with E-state index in [-0.39, 0.29) is 18.6 Å². The molecule has 1 atom stereocenters. The Morgan fingerprint density at radius 2 is 2.16 bits per heavy atom. The summed E-state index contributed by atoms with van der Waals surface area (Å²) in [6.45, 7) is 3.29. The predicted octanol–water partition coefficient (Wildman–Crippen LogP) is 1.85. The summed E-state index contributed by atoms with van der Waals surface area (Å²) >= 11 is 0. The van der Waals surface area contributed by atoms with Gasteiger partial charge in [0.1, 0.15) is 11.6 Å². The summed E-state index contributed by atoms with van der Waals surface area (Å²) in [6, 6.07) is 3.94. The molecule has 0 bridgehead atoms. The van der Waals surface area contributed by atoms with Crippen molar-refractivity contribution < 1.29 is 13.9 Å². The third-order valence-electron chi connectivity index (χ3n) is 3.28. The Hall–Kier alpha value is -1.62. The standard InChI is InChI=1S/C14H19FN2O2/c1-10(16)12-5-4-11(15)8-13(12)19-9-14(18)17-6-2-3-7-17/h4-5,8,10H,2-3,6-7,9,16H2,1H3. The van der Waals surface area contributed by atoms with Crippen LogP contribution in [0.2, 0.25) is 0 Å². The van der Waals surface area contributed by atoms with Crippen LogP contribution < -0.4 is 10.5 Å². The number of hydrogen-bond acceptors (Lipinski definition) is 3. The largest absolute Gasteiger partial charge is 0.483 e. The molecule has 0 saturated carbocycles. The lowest BCUT2D eigenvalue weighted by molar-refractivity contribution is -0.132. The van der Waals surface area contributed by atoms with Gasteiger partial charge in [-0.15, -0.1) is 0 Å². The fourth-order valence-corrected chi connectivity index (χ4v) is 2.21. The van der Waals surface area contributed by atoms with Gasteiger partial charge in [0.2, 0.25) is 0 Å². The smallest absolute Gasteiger partial charge is 0.260 e. The first-order valence-corrected chi connectivity index (χ1v) is 6.53. The predicted molar refractivity (Wildman–Crippen MR) is 70.3 cm³/mol. The number of halogens is 1. The minimum Gasteiger partial charge on any atom is -0.483 e. The van der Waals surface area contributed by atoms with Crippen molar-refractivity contribution in [3.63, 3.8) is 0 Å². The van der Waals surface area contributed by atoms with E-state index in [1.165, 1.54) is 12.1 Å². The van der Waals surface area contributed by atoms with Gasteiger partial charge >= 0.3 is 0 Å². The van der Waals surface area contributed by atoms with E-state index >= 15 is 0 Å². The Bertz CT molecular complexity index is 457. The summed E-state index contributed by atoms with van der Waals surface area (Å²) in [5, 5.41) is 0. The molecule has 0 aliphatic carbocycles. The molecule has 1 aromatic rings. The highest BCUT2D eigenvalue weighted by Gasteiger charge is 2.19. The van der Waals surface area contributed by atoms with Crippen molar-refractivity contribution in [3.05, 3.63) is 29.6 Å². The van der Waals surface area contributed by atoms with Gasteiger partial charge in [0.05, 0.1) is 0 Å². The summed E-state index contributed by atoms with van der Waals surface area (Å²) in [4.78, 5) is 13.6. The quantitative estimate of drug-likeness (QED) is 0.904. The Balaban J connectivity index is 2.01. The molecule has 104 valence electrons. The summed E-state index contributed by atoms with van der Waals surface area (Å²) in [5.41, 5.74) is 6.50. The highest BCUT2D eigenvalue weighted by atomic mass is 19.1. The highest BCUT2D eigenvalue weighted by Crippen LogP contribution is 2.25. The van der Waals surface area contributed by atoms with Crippen LogP contribution in [-0.4, -0.2) is 30.5 Å². The van der Waals surface area contributed by atoms with Crippen LogP contribution in [0.5, 0.6) is 5.75 Å². The average Bonchev–Trinajstić information content (AvgIpc) is 2.89.